The number of carbonyl (C=O) groups is 2. The number of carbonyl (C=O) groups excluding carboxylic acids is 2. The van der Waals surface area contributed by atoms with Crippen molar-refractivity contribution in [1.82, 2.24) is 24.9 Å². The molecule has 9 heteroatoms. The van der Waals surface area contributed by atoms with Crippen molar-refractivity contribution in [1.29, 1.82) is 0 Å². The molecule has 3 aromatic rings. The van der Waals surface area contributed by atoms with Crippen LogP contribution in [0.15, 0.2) is 29.8 Å². The summed E-state index contributed by atoms with van der Waals surface area (Å²) in [7, 11) is 0. The molecule has 0 bridgehead atoms. The Bertz CT molecular complexity index is 1120. The van der Waals surface area contributed by atoms with Gasteiger partial charge in [-0.1, -0.05) is 29.5 Å². The normalized spacial score (nSPS) is 16.4. The summed E-state index contributed by atoms with van der Waals surface area (Å²) in [5.74, 6) is -0.190. The summed E-state index contributed by atoms with van der Waals surface area (Å²) in [5, 5.41) is 15.7. The summed E-state index contributed by atoms with van der Waals surface area (Å²) in [5.41, 5.74) is 6.58. The van der Waals surface area contributed by atoms with Gasteiger partial charge in [-0.15, -0.1) is 10.2 Å². The van der Waals surface area contributed by atoms with Crippen molar-refractivity contribution >= 4 is 28.3 Å². The highest BCUT2D eigenvalue weighted by molar-refractivity contribution is 7.13. The quantitative estimate of drug-likeness (QED) is 0.679. The van der Waals surface area contributed by atoms with Gasteiger partial charge in [-0.25, -0.2) is 4.68 Å². The molecule has 0 spiro atoms. The van der Waals surface area contributed by atoms with Gasteiger partial charge in [0.05, 0.1) is 5.69 Å². The molecule has 1 N–H and O–H groups in total. The minimum absolute atomic E-state index is 0.0199. The van der Waals surface area contributed by atoms with Crippen molar-refractivity contribution in [3.05, 3.63) is 52.3 Å². The molecule has 0 saturated carbocycles. The number of hydrogen-bond acceptors (Lipinski definition) is 6. The molecule has 2 amide bonds. The second-order valence-electron chi connectivity index (χ2n) is 8.13. The van der Waals surface area contributed by atoms with Crippen LogP contribution in [0.25, 0.3) is 5.69 Å². The molecule has 5 rings (SSSR count). The van der Waals surface area contributed by atoms with Gasteiger partial charge in [0.1, 0.15) is 5.51 Å². The lowest BCUT2D eigenvalue weighted by Gasteiger charge is -2.30. The lowest BCUT2D eigenvalue weighted by molar-refractivity contribution is -0.121. The van der Waals surface area contributed by atoms with E-state index in [1.54, 1.807) is 5.51 Å². The van der Waals surface area contributed by atoms with Gasteiger partial charge in [-0.3, -0.25) is 9.59 Å². The molecule has 31 heavy (non-hydrogen) atoms. The molecule has 2 aromatic heterocycles. The lowest BCUT2D eigenvalue weighted by Crippen LogP contribution is -2.41. The number of fused-ring (bicyclic) bond motifs is 1. The van der Waals surface area contributed by atoms with Gasteiger partial charge >= 0.3 is 0 Å². The van der Waals surface area contributed by atoms with Gasteiger partial charge in [-0.2, -0.15) is 5.10 Å². The molecular weight excluding hydrogens is 412 g/mol. The van der Waals surface area contributed by atoms with Gasteiger partial charge in [0.25, 0.3) is 5.91 Å². The number of aryl methyl sites for hydroxylation is 1. The highest BCUT2D eigenvalue weighted by Crippen LogP contribution is 2.30. The number of amides is 2. The van der Waals surface area contributed by atoms with Crippen LogP contribution in [0.3, 0.4) is 0 Å². The van der Waals surface area contributed by atoms with Crippen molar-refractivity contribution in [3.63, 3.8) is 0 Å². The summed E-state index contributed by atoms with van der Waals surface area (Å²) >= 11 is 1.30. The van der Waals surface area contributed by atoms with Gasteiger partial charge in [0.2, 0.25) is 11.0 Å². The first kappa shape index (κ1) is 19.9. The number of rotatable bonds is 4. The molecule has 8 nitrogen and oxygen atoms in total. The Morgan fingerprint density at radius 3 is 2.71 bits per heavy atom. The Morgan fingerprint density at radius 2 is 1.97 bits per heavy atom. The van der Waals surface area contributed by atoms with Crippen LogP contribution in [0.5, 0.6) is 0 Å². The predicted octanol–water partition coefficient (Wildman–Crippen LogP) is 3.01. The second-order valence-corrected chi connectivity index (χ2v) is 8.96. The topological polar surface area (TPSA) is 93.0 Å². The summed E-state index contributed by atoms with van der Waals surface area (Å²) in [6, 6.07) is 8.14. The summed E-state index contributed by atoms with van der Waals surface area (Å²) < 4.78 is 1.97. The molecule has 0 radical (unpaired) electrons. The Labute approximate surface area is 184 Å². The van der Waals surface area contributed by atoms with Crippen molar-refractivity contribution < 1.29 is 9.59 Å². The fourth-order valence-electron chi connectivity index (χ4n) is 4.54. The Hall–Kier alpha value is -3.07. The minimum Gasteiger partial charge on any atom is -0.337 e. The summed E-state index contributed by atoms with van der Waals surface area (Å²) in [4.78, 5) is 27.7. The van der Waals surface area contributed by atoms with Crippen molar-refractivity contribution in [2.45, 2.75) is 39.0 Å². The van der Waals surface area contributed by atoms with Crippen molar-refractivity contribution in [2.75, 3.05) is 18.4 Å². The minimum atomic E-state index is -0.122. The van der Waals surface area contributed by atoms with Gasteiger partial charge in [0.15, 0.2) is 5.69 Å². The number of para-hydroxylation sites is 1. The van der Waals surface area contributed by atoms with Crippen LogP contribution in [0.2, 0.25) is 0 Å². The van der Waals surface area contributed by atoms with E-state index in [4.69, 9.17) is 5.10 Å². The molecule has 1 aliphatic heterocycles. The zero-order chi connectivity index (χ0) is 21.4. The number of piperidine rings is 1. The number of likely N-dealkylation sites (tertiary alicyclic amines) is 1. The largest absolute Gasteiger partial charge is 0.337 e. The highest BCUT2D eigenvalue weighted by Gasteiger charge is 2.33. The third-order valence-corrected chi connectivity index (χ3v) is 6.83. The zero-order valence-corrected chi connectivity index (χ0v) is 18.2. The van der Waals surface area contributed by atoms with E-state index in [0.29, 0.717) is 36.8 Å². The average molecular weight is 437 g/mol. The van der Waals surface area contributed by atoms with Crippen LogP contribution in [0.4, 0.5) is 5.13 Å². The Kier molecular flexibility index (Phi) is 5.27. The third-order valence-electron chi connectivity index (χ3n) is 6.22. The molecule has 1 fully saturated rings. The molecule has 0 unspecified atom stereocenters. The standard InChI is InChI=1S/C22H24N6O2S/c1-14-5-2-3-7-17(14)28-18-8-4-6-16(18)19(26-28)21(30)27-11-9-15(10-12-27)20(29)24-22-25-23-13-31-22/h2-3,5,7,13,15H,4,6,8-12H2,1H3,(H,24,25,29). The van der Waals surface area contributed by atoms with Crippen LogP contribution in [0, 0.1) is 12.8 Å². The van der Waals surface area contributed by atoms with Gasteiger partial charge < -0.3 is 10.2 Å². The summed E-state index contributed by atoms with van der Waals surface area (Å²) in [6.45, 7) is 3.18. The van der Waals surface area contributed by atoms with E-state index in [1.807, 2.05) is 21.7 Å². The van der Waals surface area contributed by atoms with E-state index in [2.05, 4.69) is 34.6 Å². The molecule has 3 heterocycles. The number of hydrogen-bond donors (Lipinski definition) is 1. The molecule has 0 atom stereocenters. The average Bonchev–Trinajstić information content (AvgIpc) is 3.52. The van der Waals surface area contributed by atoms with E-state index in [0.717, 1.165) is 41.8 Å². The van der Waals surface area contributed by atoms with Crippen molar-refractivity contribution in [3.8, 4) is 5.69 Å². The maximum absolute atomic E-state index is 13.4. The molecule has 160 valence electrons. The Balaban J connectivity index is 1.31. The van der Waals surface area contributed by atoms with E-state index in [1.165, 1.54) is 11.3 Å². The van der Waals surface area contributed by atoms with Crippen molar-refractivity contribution in [2.24, 2.45) is 5.92 Å². The molecular formula is C22H24N6O2S. The SMILES string of the molecule is Cc1ccccc1-n1nc(C(=O)N2CCC(C(=O)Nc3nncs3)CC2)c2c1CCC2. The first-order valence-electron chi connectivity index (χ1n) is 10.6. The molecule has 2 aliphatic rings. The smallest absolute Gasteiger partial charge is 0.274 e. The maximum Gasteiger partial charge on any atom is 0.274 e. The molecule has 1 saturated heterocycles. The third kappa shape index (κ3) is 3.74. The Morgan fingerprint density at radius 1 is 1.16 bits per heavy atom. The fourth-order valence-corrected chi connectivity index (χ4v) is 4.99. The molecule has 1 aromatic carbocycles. The second kappa shape index (κ2) is 8.22. The summed E-state index contributed by atoms with van der Waals surface area (Å²) in [6.07, 6.45) is 4.15. The van der Waals surface area contributed by atoms with Crippen LogP contribution in [-0.4, -0.2) is 49.8 Å². The van der Waals surface area contributed by atoms with Crippen LogP contribution >= 0.6 is 11.3 Å². The van der Waals surface area contributed by atoms with Crippen LogP contribution in [-0.2, 0) is 17.6 Å². The van der Waals surface area contributed by atoms with E-state index >= 15 is 0 Å². The molecule has 1 aliphatic carbocycles. The van der Waals surface area contributed by atoms with E-state index < -0.39 is 0 Å². The van der Waals surface area contributed by atoms with Gasteiger partial charge in [0, 0.05) is 30.3 Å². The first-order valence-corrected chi connectivity index (χ1v) is 11.5. The number of benzene rings is 1. The van der Waals surface area contributed by atoms with E-state index in [9.17, 15) is 9.59 Å². The maximum atomic E-state index is 13.4. The van der Waals surface area contributed by atoms with E-state index in [-0.39, 0.29) is 17.7 Å². The van der Waals surface area contributed by atoms with Crippen LogP contribution in [0.1, 0.15) is 46.6 Å². The number of nitrogens with zero attached hydrogens (tertiary/aromatic N) is 5. The highest BCUT2D eigenvalue weighted by atomic mass is 32.1. The first-order chi connectivity index (χ1) is 15.1. The fraction of sp³-hybridized carbons (Fsp3) is 0.409. The zero-order valence-electron chi connectivity index (χ0n) is 17.4. The van der Waals surface area contributed by atoms with Gasteiger partial charge in [-0.05, 0) is 50.7 Å². The number of anilines is 1. The predicted molar refractivity (Wildman–Crippen MR) is 117 cm³/mol. The number of aromatic nitrogens is 4. The number of nitrogens with one attached hydrogen (secondary N) is 1. The van der Waals surface area contributed by atoms with Crippen LogP contribution < -0.4 is 5.32 Å². The lowest BCUT2D eigenvalue weighted by atomic mass is 9.95. The monoisotopic (exact) mass is 436 g/mol.